The van der Waals surface area contributed by atoms with Gasteiger partial charge < -0.3 is 25.2 Å². The molecular formula is C6H11O6+. The van der Waals surface area contributed by atoms with Gasteiger partial charge in [-0.2, -0.15) is 0 Å². The molecule has 0 spiro atoms. The van der Waals surface area contributed by atoms with Gasteiger partial charge in [0, 0.05) is 0 Å². The molecule has 1 heterocycles. The Balaban J connectivity index is 2.70. The third-order valence-corrected chi connectivity index (χ3v) is 1.77. The summed E-state index contributed by atoms with van der Waals surface area (Å²) in [4.78, 5) is 8.47. The second-order valence-electron chi connectivity index (χ2n) is 2.61. The Morgan fingerprint density at radius 2 is 1.58 bits per heavy atom. The van der Waals surface area contributed by atoms with Crippen LogP contribution in [-0.2, 0) is 4.74 Å². The fraction of sp³-hybridized carbons (Fsp3) is 0.833. The lowest BCUT2D eigenvalue weighted by atomic mass is 10.00. The lowest BCUT2D eigenvalue weighted by Gasteiger charge is -2.34. The van der Waals surface area contributed by atoms with Gasteiger partial charge in [0.05, 0.1) is 0 Å². The minimum atomic E-state index is -1.60. The maximum absolute atomic E-state index is 9.09. The summed E-state index contributed by atoms with van der Waals surface area (Å²) in [7, 11) is 0. The molecule has 0 aromatic carbocycles. The van der Waals surface area contributed by atoms with Gasteiger partial charge >= 0.3 is 6.29 Å². The Bertz CT molecular complexity index is 171. The van der Waals surface area contributed by atoms with Crippen molar-refractivity contribution in [2.75, 3.05) is 0 Å². The van der Waals surface area contributed by atoms with E-state index in [0.29, 0.717) is 6.29 Å². The minimum Gasteiger partial charge on any atom is -0.387 e. The Hall–Kier alpha value is -0.530. The van der Waals surface area contributed by atoms with Crippen molar-refractivity contribution in [3.8, 4) is 0 Å². The fourth-order valence-corrected chi connectivity index (χ4v) is 1.01. The first-order chi connectivity index (χ1) is 5.57. The third-order valence-electron chi connectivity index (χ3n) is 1.77. The molecule has 0 aromatic heterocycles. The van der Waals surface area contributed by atoms with E-state index in [1.807, 2.05) is 0 Å². The second-order valence-corrected chi connectivity index (χ2v) is 2.61. The van der Waals surface area contributed by atoms with Gasteiger partial charge in [-0.05, 0) is 0 Å². The fourth-order valence-electron chi connectivity index (χ4n) is 1.01. The summed E-state index contributed by atoms with van der Waals surface area (Å²) in [6, 6.07) is 0. The zero-order valence-corrected chi connectivity index (χ0v) is 6.11. The minimum absolute atomic E-state index is 0.503. The molecule has 1 fully saturated rings. The van der Waals surface area contributed by atoms with Crippen LogP contribution in [0, 0.1) is 0 Å². The molecule has 1 aliphatic rings. The van der Waals surface area contributed by atoms with Crippen LogP contribution in [0.3, 0.4) is 0 Å². The molecule has 6 heteroatoms. The largest absolute Gasteiger partial charge is 0.387 e. The van der Waals surface area contributed by atoms with Crippen molar-refractivity contribution in [2.24, 2.45) is 0 Å². The van der Waals surface area contributed by atoms with E-state index in [1.54, 1.807) is 0 Å². The first kappa shape index (κ1) is 9.56. The molecule has 1 saturated heterocycles. The van der Waals surface area contributed by atoms with Crippen molar-refractivity contribution in [3.63, 3.8) is 0 Å². The van der Waals surface area contributed by atoms with Gasteiger partial charge in [0.1, 0.15) is 18.3 Å². The predicted octanol–water partition coefficient (Wildman–Crippen LogP) is -3.04. The molecule has 0 aliphatic carbocycles. The van der Waals surface area contributed by atoms with Crippen molar-refractivity contribution in [1.82, 2.24) is 0 Å². The molecule has 0 unspecified atom stereocenters. The zero-order chi connectivity index (χ0) is 9.30. The average molecular weight is 179 g/mol. The Morgan fingerprint density at radius 3 is 2.08 bits per heavy atom. The van der Waals surface area contributed by atoms with Crippen LogP contribution in [0.1, 0.15) is 0 Å². The Morgan fingerprint density at radius 1 is 1.00 bits per heavy atom. The summed E-state index contributed by atoms with van der Waals surface area (Å²) in [6.07, 6.45) is -6.80. The number of carbonyl (C=O) groups excluding carboxylic acids is 1. The van der Waals surface area contributed by atoms with Crippen LogP contribution >= 0.6 is 0 Å². The highest BCUT2D eigenvalue weighted by atomic mass is 16.6. The summed E-state index contributed by atoms with van der Waals surface area (Å²) >= 11 is 0. The van der Waals surface area contributed by atoms with Crippen LogP contribution in [0.15, 0.2) is 0 Å². The smallest absolute Gasteiger partial charge is 0.313 e. The highest BCUT2D eigenvalue weighted by Gasteiger charge is 2.44. The van der Waals surface area contributed by atoms with Crippen LogP contribution in [0.25, 0.3) is 0 Å². The number of hydrogen-bond donors (Lipinski definition) is 4. The quantitative estimate of drug-likeness (QED) is 0.252. The van der Waals surface area contributed by atoms with Crippen molar-refractivity contribution in [2.45, 2.75) is 30.7 Å². The van der Waals surface area contributed by atoms with E-state index in [4.69, 9.17) is 25.2 Å². The number of aldehydes is 1. The lowest BCUT2D eigenvalue weighted by molar-refractivity contribution is -0.266. The van der Waals surface area contributed by atoms with Gasteiger partial charge in [-0.15, -0.1) is 0 Å². The maximum atomic E-state index is 9.09. The summed E-state index contributed by atoms with van der Waals surface area (Å²) in [5, 5.41) is 36.0. The summed E-state index contributed by atoms with van der Waals surface area (Å²) in [5.41, 5.74) is 0. The van der Waals surface area contributed by atoms with Crippen molar-refractivity contribution < 1.29 is 30.0 Å². The molecule has 5 N–H and O–H groups in total. The molecule has 6 nitrogen and oxygen atoms in total. The molecule has 1 aliphatic heterocycles. The molecule has 70 valence electrons. The van der Waals surface area contributed by atoms with Gasteiger partial charge in [0.25, 0.3) is 0 Å². The number of hydrogen-bond acceptors (Lipinski definition) is 5. The normalized spacial score (nSPS) is 48.8. The van der Waals surface area contributed by atoms with Crippen molar-refractivity contribution in [3.05, 3.63) is 0 Å². The van der Waals surface area contributed by atoms with E-state index in [1.165, 1.54) is 0 Å². The van der Waals surface area contributed by atoms with Crippen LogP contribution in [-0.4, -0.2) is 62.2 Å². The van der Waals surface area contributed by atoms with E-state index in [0.717, 1.165) is 0 Å². The highest BCUT2D eigenvalue weighted by Crippen LogP contribution is 2.17. The molecule has 0 radical (unpaired) electrons. The molecule has 0 amide bonds. The van der Waals surface area contributed by atoms with E-state index in [9.17, 15) is 0 Å². The standard InChI is InChI=1S/C6H10O6/c7-1-2-3(8)4(9)5(10)6(11)12-2/h1-6,8-11H/p+1/t2-,3-,4+,5-,6-/m1/s1. The summed E-state index contributed by atoms with van der Waals surface area (Å²) in [5.74, 6) is 0. The maximum Gasteiger partial charge on any atom is 0.313 e. The van der Waals surface area contributed by atoms with Crippen LogP contribution < -0.4 is 0 Å². The first-order valence-corrected chi connectivity index (χ1v) is 3.43. The van der Waals surface area contributed by atoms with Gasteiger partial charge in [-0.25, -0.2) is 0 Å². The summed E-state index contributed by atoms with van der Waals surface area (Å²) < 4.78 is 4.52. The van der Waals surface area contributed by atoms with Gasteiger partial charge in [0.15, 0.2) is 12.4 Å². The average Bonchev–Trinajstić information content (AvgIpc) is 2.08. The molecule has 0 aromatic rings. The number of rotatable bonds is 1. The third kappa shape index (κ3) is 1.47. The van der Waals surface area contributed by atoms with E-state index in [-0.39, 0.29) is 0 Å². The van der Waals surface area contributed by atoms with Gasteiger partial charge in [-0.3, -0.25) is 4.79 Å². The Kier molecular flexibility index (Phi) is 2.76. The number of ether oxygens (including phenoxy) is 1. The molecule has 0 saturated carbocycles. The van der Waals surface area contributed by atoms with Gasteiger partial charge in [0.2, 0.25) is 0 Å². The zero-order valence-electron chi connectivity index (χ0n) is 6.11. The van der Waals surface area contributed by atoms with Crippen LogP contribution in [0.2, 0.25) is 0 Å². The van der Waals surface area contributed by atoms with Gasteiger partial charge in [-0.1, -0.05) is 0 Å². The lowest BCUT2D eigenvalue weighted by Crippen LogP contribution is -2.57. The van der Waals surface area contributed by atoms with Crippen LogP contribution in [0.4, 0.5) is 0 Å². The van der Waals surface area contributed by atoms with E-state index < -0.39 is 30.7 Å². The van der Waals surface area contributed by atoms with Crippen LogP contribution in [0.5, 0.6) is 0 Å². The van der Waals surface area contributed by atoms with Crippen molar-refractivity contribution in [1.29, 1.82) is 0 Å². The Labute approximate surface area is 68.0 Å². The van der Waals surface area contributed by atoms with E-state index in [2.05, 4.69) is 4.74 Å². The molecule has 0 bridgehead atoms. The summed E-state index contributed by atoms with van der Waals surface area (Å²) in [6.45, 7) is 0. The van der Waals surface area contributed by atoms with E-state index >= 15 is 0 Å². The number of aliphatic hydroxyl groups is 4. The molecule has 12 heavy (non-hydrogen) atoms. The van der Waals surface area contributed by atoms with Crippen molar-refractivity contribution >= 4 is 6.29 Å². The SMILES string of the molecule is O[C@@H]1[C@@H](O)[C@H](O)O[C@H](C=[OH+])[C@H]1O. The monoisotopic (exact) mass is 179 g/mol. The highest BCUT2D eigenvalue weighted by molar-refractivity contribution is 5.58. The first-order valence-electron chi connectivity index (χ1n) is 3.43. The predicted molar refractivity (Wildman–Crippen MR) is 36.9 cm³/mol. The molecular weight excluding hydrogens is 168 g/mol. The second kappa shape index (κ2) is 3.46. The topological polar surface area (TPSA) is 112 Å². The molecule has 1 rings (SSSR count). The molecule has 5 atom stereocenters. The number of aliphatic hydroxyl groups excluding tert-OH is 4.